The number of hydrogen-bond acceptors (Lipinski definition) is 4. The average molecular weight is 375 g/mol. The number of amides is 1. The zero-order valence-corrected chi connectivity index (χ0v) is 14.9. The van der Waals surface area contributed by atoms with Gasteiger partial charge in [0, 0.05) is 16.6 Å². The topological polar surface area (TPSA) is 76.1 Å². The molecule has 0 atom stereocenters. The summed E-state index contributed by atoms with van der Waals surface area (Å²) in [5.74, 6) is -0.616. The SMILES string of the molecule is Cc1ccc2cccnc2c1S(=O)(=O)NC(=O)Cc1ccc(Cl)cc1. The van der Waals surface area contributed by atoms with E-state index in [1.165, 1.54) is 6.20 Å². The van der Waals surface area contributed by atoms with Crippen LogP contribution in [-0.4, -0.2) is 19.3 Å². The van der Waals surface area contributed by atoms with Crippen molar-refractivity contribution in [2.24, 2.45) is 0 Å². The Kier molecular flexibility index (Phi) is 4.74. The lowest BCUT2D eigenvalue weighted by Gasteiger charge is -2.11. The van der Waals surface area contributed by atoms with Crippen LogP contribution in [0.25, 0.3) is 10.9 Å². The maximum Gasteiger partial charge on any atom is 0.266 e. The van der Waals surface area contributed by atoms with Crippen LogP contribution in [0, 0.1) is 6.92 Å². The van der Waals surface area contributed by atoms with Crippen molar-refractivity contribution >= 4 is 38.4 Å². The van der Waals surface area contributed by atoms with Crippen molar-refractivity contribution in [1.29, 1.82) is 0 Å². The van der Waals surface area contributed by atoms with Gasteiger partial charge < -0.3 is 0 Å². The van der Waals surface area contributed by atoms with Gasteiger partial charge in [0.05, 0.1) is 11.9 Å². The molecule has 128 valence electrons. The lowest BCUT2D eigenvalue weighted by molar-refractivity contribution is -0.118. The predicted molar refractivity (Wildman–Crippen MR) is 97.0 cm³/mol. The Balaban J connectivity index is 1.91. The number of pyridine rings is 1. The summed E-state index contributed by atoms with van der Waals surface area (Å²) in [6.45, 7) is 1.67. The summed E-state index contributed by atoms with van der Waals surface area (Å²) in [7, 11) is -4.03. The van der Waals surface area contributed by atoms with E-state index in [0.29, 0.717) is 27.1 Å². The second-order valence-corrected chi connectivity index (χ2v) is 7.67. The summed E-state index contributed by atoms with van der Waals surface area (Å²) in [4.78, 5) is 16.4. The van der Waals surface area contributed by atoms with Crippen LogP contribution in [0.2, 0.25) is 5.02 Å². The predicted octanol–water partition coefficient (Wildman–Crippen LogP) is 3.24. The third-order valence-corrected chi connectivity index (χ3v) is 5.52. The minimum absolute atomic E-state index is 0.0232. The van der Waals surface area contributed by atoms with Gasteiger partial charge in [-0.2, -0.15) is 0 Å². The first-order valence-electron chi connectivity index (χ1n) is 7.51. The van der Waals surface area contributed by atoms with Crippen LogP contribution in [0.4, 0.5) is 0 Å². The van der Waals surface area contributed by atoms with Gasteiger partial charge in [0.1, 0.15) is 4.90 Å². The Morgan fingerprint density at radius 1 is 1.12 bits per heavy atom. The summed E-state index contributed by atoms with van der Waals surface area (Å²) >= 11 is 5.80. The lowest BCUT2D eigenvalue weighted by atomic mass is 10.1. The number of hydrogen-bond donors (Lipinski definition) is 1. The molecule has 3 rings (SSSR count). The van der Waals surface area contributed by atoms with E-state index in [2.05, 4.69) is 9.71 Å². The van der Waals surface area contributed by atoms with Gasteiger partial charge in [0.2, 0.25) is 5.91 Å². The van der Waals surface area contributed by atoms with Gasteiger partial charge in [0.25, 0.3) is 10.0 Å². The number of carbonyl (C=O) groups is 1. The van der Waals surface area contributed by atoms with Crippen molar-refractivity contribution in [2.45, 2.75) is 18.2 Å². The van der Waals surface area contributed by atoms with Crippen molar-refractivity contribution in [1.82, 2.24) is 9.71 Å². The molecule has 2 aromatic carbocycles. The highest BCUT2D eigenvalue weighted by atomic mass is 35.5. The molecule has 1 aromatic heterocycles. The minimum atomic E-state index is -4.03. The summed E-state index contributed by atoms with van der Waals surface area (Å²) in [5, 5.41) is 1.24. The maximum absolute atomic E-state index is 12.7. The molecule has 7 heteroatoms. The third kappa shape index (κ3) is 3.81. The second-order valence-electron chi connectivity index (χ2n) is 5.62. The van der Waals surface area contributed by atoms with Crippen LogP contribution in [0.1, 0.15) is 11.1 Å². The number of fused-ring (bicyclic) bond motifs is 1. The number of nitrogens with one attached hydrogen (secondary N) is 1. The number of nitrogens with zero attached hydrogens (tertiary/aromatic N) is 1. The van der Waals surface area contributed by atoms with Gasteiger partial charge in [-0.15, -0.1) is 0 Å². The molecule has 25 heavy (non-hydrogen) atoms. The highest BCUT2D eigenvalue weighted by molar-refractivity contribution is 7.90. The molecule has 0 bridgehead atoms. The van der Waals surface area contributed by atoms with Crippen molar-refractivity contribution in [3.8, 4) is 0 Å². The number of rotatable bonds is 4. The Morgan fingerprint density at radius 3 is 2.56 bits per heavy atom. The van der Waals surface area contributed by atoms with Crippen molar-refractivity contribution < 1.29 is 13.2 Å². The molecule has 0 aliphatic heterocycles. The van der Waals surface area contributed by atoms with Gasteiger partial charge in [-0.05, 0) is 36.2 Å². The summed E-state index contributed by atoms with van der Waals surface area (Å²) in [6.07, 6.45) is 1.46. The molecule has 1 N–H and O–H groups in total. The molecule has 3 aromatic rings. The maximum atomic E-state index is 12.7. The quantitative estimate of drug-likeness (QED) is 0.760. The fourth-order valence-electron chi connectivity index (χ4n) is 2.58. The van der Waals surface area contributed by atoms with E-state index < -0.39 is 15.9 Å². The minimum Gasteiger partial charge on any atom is -0.274 e. The monoisotopic (exact) mass is 374 g/mol. The zero-order valence-electron chi connectivity index (χ0n) is 13.4. The van der Waals surface area contributed by atoms with E-state index >= 15 is 0 Å². The number of carbonyl (C=O) groups excluding carboxylic acids is 1. The summed E-state index contributed by atoms with van der Waals surface area (Å²) in [5.41, 5.74) is 1.54. The van der Waals surface area contributed by atoms with E-state index in [1.807, 2.05) is 0 Å². The lowest BCUT2D eigenvalue weighted by Crippen LogP contribution is -2.32. The number of sulfonamides is 1. The number of halogens is 1. The number of aryl methyl sites for hydroxylation is 1. The third-order valence-electron chi connectivity index (χ3n) is 3.72. The average Bonchev–Trinajstić information content (AvgIpc) is 2.56. The van der Waals surface area contributed by atoms with Crippen LogP contribution >= 0.6 is 11.6 Å². The second kappa shape index (κ2) is 6.82. The first kappa shape index (κ1) is 17.4. The van der Waals surface area contributed by atoms with Gasteiger partial charge in [0.15, 0.2) is 0 Å². The van der Waals surface area contributed by atoms with Gasteiger partial charge in [-0.25, -0.2) is 13.1 Å². The van der Waals surface area contributed by atoms with Crippen molar-refractivity contribution in [3.05, 3.63) is 70.9 Å². The van der Waals surface area contributed by atoms with Crippen LogP contribution < -0.4 is 4.72 Å². The largest absolute Gasteiger partial charge is 0.274 e. The first-order chi connectivity index (χ1) is 11.9. The van der Waals surface area contributed by atoms with E-state index in [-0.39, 0.29) is 11.3 Å². The van der Waals surface area contributed by atoms with E-state index in [0.717, 1.165) is 0 Å². The molecule has 5 nitrogen and oxygen atoms in total. The molecular formula is C18H15ClN2O3S. The van der Waals surface area contributed by atoms with Crippen molar-refractivity contribution in [2.75, 3.05) is 0 Å². The van der Waals surface area contributed by atoms with Crippen LogP contribution in [0.3, 0.4) is 0 Å². The standard InChI is InChI=1S/C18H15ClN2O3S/c1-12-4-7-14-3-2-10-20-17(14)18(12)25(23,24)21-16(22)11-13-5-8-15(19)9-6-13/h2-10H,11H2,1H3,(H,21,22). The molecular weight excluding hydrogens is 360 g/mol. The van der Waals surface area contributed by atoms with Crippen molar-refractivity contribution in [3.63, 3.8) is 0 Å². The fourth-order valence-corrected chi connectivity index (χ4v) is 4.10. The summed E-state index contributed by atoms with van der Waals surface area (Å²) in [6, 6.07) is 13.7. The summed E-state index contributed by atoms with van der Waals surface area (Å²) < 4.78 is 27.6. The smallest absolute Gasteiger partial charge is 0.266 e. The van der Waals surface area contributed by atoms with Gasteiger partial charge in [-0.1, -0.05) is 41.9 Å². The first-order valence-corrected chi connectivity index (χ1v) is 9.37. The zero-order chi connectivity index (χ0) is 18.0. The van der Waals surface area contributed by atoms with Gasteiger partial charge in [-0.3, -0.25) is 9.78 Å². The molecule has 0 spiro atoms. The number of benzene rings is 2. The molecule has 0 saturated heterocycles. The fraction of sp³-hybridized carbons (Fsp3) is 0.111. The van der Waals surface area contributed by atoms with Crippen LogP contribution in [-0.2, 0) is 21.2 Å². The normalized spacial score (nSPS) is 11.4. The molecule has 1 heterocycles. The van der Waals surface area contributed by atoms with Crippen LogP contribution in [0.5, 0.6) is 0 Å². The van der Waals surface area contributed by atoms with Gasteiger partial charge >= 0.3 is 0 Å². The number of aromatic nitrogens is 1. The molecule has 0 aliphatic carbocycles. The molecule has 0 aliphatic rings. The molecule has 0 fully saturated rings. The molecule has 0 unspecified atom stereocenters. The molecule has 0 saturated carbocycles. The van der Waals surface area contributed by atoms with E-state index in [1.54, 1.807) is 55.5 Å². The Bertz CT molecular complexity index is 1050. The van der Waals surface area contributed by atoms with Crippen LogP contribution in [0.15, 0.2) is 59.6 Å². The Hall–Kier alpha value is -2.44. The van der Waals surface area contributed by atoms with E-state index in [9.17, 15) is 13.2 Å². The molecule has 0 radical (unpaired) electrons. The Labute approximate surface area is 150 Å². The molecule has 1 amide bonds. The highest BCUT2D eigenvalue weighted by Crippen LogP contribution is 2.24. The van der Waals surface area contributed by atoms with E-state index in [4.69, 9.17) is 11.6 Å². The Morgan fingerprint density at radius 2 is 1.84 bits per heavy atom. The highest BCUT2D eigenvalue weighted by Gasteiger charge is 2.23.